The summed E-state index contributed by atoms with van der Waals surface area (Å²) in [6, 6.07) is 27.3. The number of nitrogens with one attached hydrogen (secondary N) is 1. The van der Waals surface area contributed by atoms with Crippen LogP contribution in [0.3, 0.4) is 0 Å². The molecule has 0 aromatic heterocycles. The van der Waals surface area contributed by atoms with Gasteiger partial charge in [-0.25, -0.2) is 13.8 Å². The van der Waals surface area contributed by atoms with Crippen molar-refractivity contribution in [3.8, 4) is 5.75 Å². The first-order chi connectivity index (χ1) is 20.4. The van der Waals surface area contributed by atoms with E-state index >= 15 is 0 Å². The zero-order chi connectivity index (χ0) is 29.5. The van der Waals surface area contributed by atoms with Gasteiger partial charge in [-0.05, 0) is 47.5 Å². The summed E-state index contributed by atoms with van der Waals surface area (Å²) in [6.45, 7) is 0.265. The van der Waals surface area contributed by atoms with Crippen LogP contribution >= 0.6 is 15.9 Å². The van der Waals surface area contributed by atoms with Gasteiger partial charge >= 0.3 is 0 Å². The van der Waals surface area contributed by atoms with E-state index in [0.717, 1.165) is 27.7 Å². The monoisotopic (exact) mass is 634 g/mol. The molecule has 2 N–H and O–H groups in total. The van der Waals surface area contributed by atoms with Crippen LogP contribution in [-0.4, -0.2) is 35.7 Å². The molecule has 0 bridgehead atoms. The van der Waals surface area contributed by atoms with Gasteiger partial charge in [-0.15, -0.1) is 0 Å². The Bertz CT molecular complexity index is 1570. The van der Waals surface area contributed by atoms with Gasteiger partial charge in [0.15, 0.2) is 11.6 Å². The molecule has 0 radical (unpaired) electrons. The molecule has 2 atom stereocenters. The number of aliphatic hydroxyl groups is 1. The maximum atomic E-state index is 14.5. The van der Waals surface area contributed by atoms with Crippen molar-refractivity contribution < 1.29 is 28.2 Å². The number of carbonyl (C=O) groups is 1. The summed E-state index contributed by atoms with van der Waals surface area (Å²) in [7, 11) is 0. The Morgan fingerprint density at radius 3 is 2.43 bits per heavy atom. The summed E-state index contributed by atoms with van der Waals surface area (Å²) in [4.78, 5) is 19.2. The lowest BCUT2D eigenvalue weighted by Gasteiger charge is -2.31. The highest BCUT2D eigenvalue weighted by atomic mass is 79.9. The molecule has 4 aromatic rings. The number of benzene rings is 4. The lowest BCUT2D eigenvalue weighted by atomic mass is 9.82. The fourth-order valence-electron chi connectivity index (χ4n) is 4.84. The smallest absolute Gasteiger partial charge is 0.252 e. The van der Waals surface area contributed by atoms with Crippen LogP contribution in [0.5, 0.6) is 5.75 Å². The van der Waals surface area contributed by atoms with Crippen molar-refractivity contribution in [1.82, 2.24) is 5.32 Å². The summed E-state index contributed by atoms with van der Waals surface area (Å²) in [5.74, 6) is -0.997. The number of nitrogens with zero attached hydrogens (tertiary/aromatic N) is 1. The molecule has 0 unspecified atom stereocenters. The topological polar surface area (TPSA) is 80.2 Å². The second-order valence-corrected chi connectivity index (χ2v) is 10.7. The van der Waals surface area contributed by atoms with E-state index < -0.39 is 29.2 Å². The second kappa shape index (κ2) is 13.3. The largest absolute Gasteiger partial charge is 0.494 e. The van der Waals surface area contributed by atoms with E-state index in [1.54, 1.807) is 24.3 Å². The molecule has 0 spiro atoms. The maximum absolute atomic E-state index is 14.5. The van der Waals surface area contributed by atoms with E-state index in [1.807, 2.05) is 54.6 Å². The van der Waals surface area contributed by atoms with Crippen LogP contribution in [0.4, 0.5) is 8.78 Å². The van der Waals surface area contributed by atoms with Crippen molar-refractivity contribution in [2.75, 3.05) is 13.2 Å². The molecular weight excluding hydrogens is 606 g/mol. The van der Waals surface area contributed by atoms with Crippen LogP contribution in [0.15, 0.2) is 107 Å². The quantitative estimate of drug-likeness (QED) is 0.190. The van der Waals surface area contributed by atoms with Crippen molar-refractivity contribution >= 4 is 27.7 Å². The molecule has 5 rings (SSSR count). The number of halogens is 3. The first-order valence-electron chi connectivity index (χ1n) is 13.5. The van der Waals surface area contributed by atoms with Gasteiger partial charge in [0.25, 0.3) is 5.91 Å². The Morgan fingerprint density at radius 1 is 0.976 bits per heavy atom. The van der Waals surface area contributed by atoms with E-state index in [9.17, 15) is 13.6 Å². The molecule has 216 valence electrons. The Morgan fingerprint density at radius 2 is 1.71 bits per heavy atom. The molecule has 42 heavy (non-hydrogen) atoms. The summed E-state index contributed by atoms with van der Waals surface area (Å²) < 4.78 is 40.9. The van der Waals surface area contributed by atoms with Gasteiger partial charge < -0.3 is 19.9 Å². The molecule has 1 amide bonds. The van der Waals surface area contributed by atoms with Gasteiger partial charge in [-0.2, -0.15) is 0 Å². The van der Waals surface area contributed by atoms with Gasteiger partial charge in [0.05, 0.1) is 6.61 Å². The Kier molecular flexibility index (Phi) is 9.29. The molecule has 0 saturated heterocycles. The van der Waals surface area contributed by atoms with Gasteiger partial charge in [-0.3, -0.25) is 4.79 Å². The van der Waals surface area contributed by atoms with Crippen molar-refractivity contribution in [2.24, 2.45) is 4.99 Å². The van der Waals surface area contributed by atoms with Crippen molar-refractivity contribution in [2.45, 2.75) is 31.0 Å². The summed E-state index contributed by atoms with van der Waals surface area (Å²) in [5, 5.41) is 11.9. The van der Waals surface area contributed by atoms with Crippen molar-refractivity contribution in [3.05, 3.63) is 135 Å². The minimum atomic E-state index is -1.46. The predicted molar refractivity (Wildman–Crippen MR) is 159 cm³/mol. The summed E-state index contributed by atoms with van der Waals surface area (Å²) in [5.41, 5.74) is 0.916. The van der Waals surface area contributed by atoms with E-state index in [4.69, 9.17) is 19.6 Å². The van der Waals surface area contributed by atoms with Crippen LogP contribution < -0.4 is 10.1 Å². The van der Waals surface area contributed by atoms with Crippen LogP contribution in [-0.2, 0) is 22.5 Å². The number of hydrogen-bond acceptors (Lipinski definition) is 5. The zero-order valence-corrected chi connectivity index (χ0v) is 24.2. The standard InChI is InChI=1S/C33H29BrF2N2O4/c34-28-10-5-4-9-24(28)20-33(32(40)37-21-25-11-14-26(35)19-29(25)36)30(22-7-2-1-3-8-22)42-31(38-33)23-12-15-27(16-13-23)41-18-6-17-39/h1-5,7-16,19,30,39H,6,17-18,20-21H2,(H,37,40)/t30-,33-/m1/s1. The van der Waals surface area contributed by atoms with Crippen LogP contribution in [0.1, 0.15) is 34.8 Å². The van der Waals surface area contributed by atoms with Crippen molar-refractivity contribution in [1.29, 1.82) is 0 Å². The Balaban J connectivity index is 1.55. The highest BCUT2D eigenvalue weighted by Gasteiger charge is 2.53. The van der Waals surface area contributed by atoms with Crippen molar-refractivity contribution in [3.63, 3.8) is 0 Å². The van der Waals surface area contributed by atoms with Crippen LogP contribution in [0, 0.1) is 11.6 Å². The first-order valence-corrected chi connectivity index (χ1v) is 14.3. The summed E-state index contributed by atoms with van der Waals surface area (Å²) in [6.07, 6.45) is -0.109. The number of amides is 1. The number of ether oxygens (including phenoxy) is 2. The second-order valence-electron chi connectivity index (χ2n) is 9.89. The van der Waals surface area contributed by atoms with Gasteiger partial charge in [-0.1, -0.05) is 70.5 Å². The lowest BCUT2D eigenvalue weighted by molar-refractivity contribution is -0.129. The fourth-order valence-corrected chi connectivity index (χ4v) is 5.26. The molecule has 6 nitrogen and oxygen atoms in total. The normalized spacial score (nSPS) is 17.8. The molecule has 4 aromatic carbocycles. The van der Waals surface area contributed by atoms with E-state index in [-0.39, 0.29) is 31.0 Å². The maximum Gasteiger partial charge on any atom is 0.252 e. The fraction of sp³-hybridized carbons (Fsp3) is 0.212. The molecule has 0 fully saturated rings. The van der Waals surface area contributed by atoms with Crippen LogP contribution in [0.2, 0.25) is 0 Å². The highest BCUT2D eigenvalue weighted by Crippen LogP contribution is 2.43. The zero-order valence-electron chi connectivity index (χ0n) is 22.6. The minimum Gasteiger partial charge on any atom is -0.494 e. The average molecular weight is 636 g/mol. The number of aliphatic imine (C=N–C) groups is 1. The third kappa shape index (κ3) is 6.53. The Labute approximate surface area is 251 Å². The lowest BCUT2D eigenvalue weighted by Crippen LogP contribution is -2.49. The summed E-state index contributed by atoms with van der Waals surface area (Å²) >= 11 is 3.60. The third-order valence-corrected chi connectivity index (χ3v) is 7.78. The van der Waals surface area contributed by atoms with Gasteiger partial charge in [0.2, 0.25) is 5.90 Å². The van der Waals surface area contributed by atoms with Gasteiger partial charge in [0.1, 0.15) is 17.4 Å². The van der Waals surface area contributed by atoms with E-state index in [1.165, 1.54) is 6.07 Å². The highest BCUT2D eigenvalue weighted by molar-refractivity contribution is 9.10. The molecule has 0 aliphatic carbocycles. The number of aliphatic hydroxyl groups excluding tert-OH is 1. The SMILES string of the molecule is O=C(NCc1ccc(F)cc1F)[C@]1(Cc2ccccc2Br)N=C(c2ccc(OCCCO)cc2)O[C@@H]1c1ccccc1. The van der Waals surface area contributed by atoms with E-state index in [0.29, 0.717) is 24.3 Å². The minimum absolute atomic E-state index is 0.0408. The Hall–Kier alpha value is -4.08. The number of rotatable bonds is 11. The third-order valence-electron chi connectivity index (χ3n) is 7.00. The molecule has 9 heteroatoms. The molecule has 1 aliphatic rings. The number of carbonyl (C=O) groups excluding carboxylic acids is 1. The molecule has 1 heterocycles. The average Bonchev–Trinajstić information content (AvgIpc) is 3.39. The molecule has 0 saturated carbocycles. The number of hydrogen-bond donors (Lipinski definition) is 2. The molecule has 1 aliphatic heterocycles. The molecular formula is C33H29BrF2N2O4. The van der Waals surface area contributed by atoms with E-state index in [2.05, 4.69) is 21.2 Å². The van der Waals surface area contributed by atoms with Crippen LogP contribution in [0.25, 0.3) is 0 Å². The predicted octanol–water partition coefficient (Wildman–Crippen LogP) is 6.30. The first kappa shape index (κ1) is 29.4. The van der Waals surface area contributed by atoms with Gasteiger partial charge in [0, 0.05) is 47.7 Å².